The number of unbranched alkanes of at least 4 members (excludes halogenated alkanes) is 3. The second-order valence-electron chi connectivity index (χ2n) is 2.44. The molecule has 60 valence electrons. The highest BCUT2D eigenvalue weighted by molar-refractivity contribution is 6.17. The summed E-state index contributed by atoms with van der Waals surface area (Å²) in [5.74, 6) is 0.790. The Morgan fingerprint density at radius 3 is 2.20 bits per heavy atom. The van der Waals surface area contributed by atoms with Crippen molar-refractivity contribution < 1.29 is 0 Å². The van der Waals surface area contributed by atoms with Gasteiger partial charge in [-0.25, -0.2) is 0 Å². The molecule has 0 atom stereocenters. The maximum Gasteiger partial charge on any atom is 0.0226 e. The molecule has 0 N–H and O–H groups in total. The zero-order valence-corrected chi connectivity index (χ0v) is 7.53. The smallest absolute Gasteiger partial charge is 0.0226 e. The van der Waals surface area contributed by atoms with Crippen molar-refractivity contribution in [3.8, 4) is 0 Å². The Morgan fingerprint density at radius 1 is 1.10 bits per heavy atom. The van der Waals surface area contributed by atoms with E-state index < -0.39 is 0 Å². The third-order valence-electron chi connectivity index (χ3n) is 1.40. The maximum absolute atomic E-state index is 5.51. The summed E-state index contributed by atoms with van der Waals surface area (Å²) in [7, 11) is 0. The standard InChI is InChI=1S/C9H17Cl/c1-2-3-4-5-6-7-8-9-10/h5-6H,2-4,7-9H2,1H3/b6-5-. The lowest BCUT2D eigenvalue weighted by Gasteiger charge is -1.88. The molecular formula is C9H17Cl. The first-order chi connectivity index (χ1) is 4.91. The molecular weight excluding hydrogens is 144 g/mol. The van der Waals surface area contributed by atoms with E-state index in [4.69, 9.17) is 11.6 Å². The Balaban J connectivity index is 2.89. The number of rotatable bonds is 6. The zero-order valence-electron chi connectivity index (χ0n) is 6.78. The third kappa shape index (κ3) is 8.03. The SMILES string of the molecule is CCCC/C=C\CCCCl. The van der Waals surface area contributed by atoms with Gasteiger partial charge in [0.15, 0.2) is 0 Å². The lowest BCUT2D eigenvalue weighted by Crippen LogP contribution is -1.71. The van der Waals surface area contributed by atoms with E-state index in [0.717, 1.165) is 18.7 Å². The predicted octanol–water partition coefficient (Wildman–Crippen LogP) is 3.75. The predicted molar refractivity (Wildman–Crippen MR) is 48.6 cm³/mol. The van der Waals surface area contributed by atoms with E-state index in [0.29, 0.717) is 0 Å². The van der Waals surface area contributed by atoms with E-state index in [9.17, 15) is 0 Å². The van der Waals surface area contributed by atoms with Gasteiger partial charge in [-0.1, -0.05) is 31.9 Å². The normalized spacial score (nSPS) is 11.0. The van der Waals surface area contributed by atoms with Gasteiger partial charge in [-0.2, -0.15) is 0 Å². The van der Waals surface area contributed by atoms with E-state index in [1.54, 1.807) is 0 Å². The van der Waals surface area contributed by atoms with Gasteiger partial charge in [0.1, 0.15) is 0 Å². The van der Waals surface area contributed by atoms with Gasteiger partial charge in [0.2, 0.25) is 0 Å². The van der Waals surface area contributed by atoms with E-state index in [2.05, 4.69) is 19.1 Å². The molecule has 0 saturated heterocycles. The monoisotopic (exact) mass is 160 g/mol. The zero-order chi connectivity index (χ0) is 7.66. The van der Waals surface area contributed by atoms with Crippen LogP contribution in [0.1, 0.15) is 39.0 Å². The van der Waals surface area contributed by atoms with Crippen LogP contribution >= 0.6 is 11.6 Å². The Morgan fingerprint density at radius 2 is 1.70 bits per heavy atom. The number of allylic oxidation sites excluding steroid dienone is 2. The Labute approximate surface area is 69.3 Å². The van der Waals surface area contributed by atoms with Crippen molar-refractivity contribution in [3.05, 3.63) is 12.2 Å². The summed E-state index contributed by atoms with van der Waals surface area (Å²) in [5, 5.41) is 0. The fraction of sp³-hybridized carbons (Fsp3) is 0.778. The molecule has 0 nitrogen and oxygen atoms in total. The highest BCUT2D eigenvalue weighted by Gasteiger charge is 1.79. The van der Waals surface area contributed by atoms with Gasteiger partial charge in [0, 0.05) is 5.88 Å². The Bertz CT molecular complexity index is 66.8. The highest BCUT2D eigenvalue weighted by Crippen LogP contribution is 1.98. The molecule has 0 aliphatic heterocycles. The van der Waals surface area contributed by atoms with Gasteiger partial charge in [0.25, 0.3) is 0 Å². The lowest BCUT2D eigenvalue weighted by atomic mass is 10.2. The minimum absolute atomic E-state index is 0.790. The minimum Gasteiger partial charge on any atom is -0.127 e. The van der Waals surface area contributed by atoms with Crippen molar-refractivity contribution in [1.29, 1.82) is 0 Å². The summed E-state index contributed by atoms with van der Waals surface area (Å²) >= 11 is 5.51. The van der Waals surface area contributed by atoms with Crippen molar-refractivity contribution in [2.75, 3.05) is 5.88 Å². The molecule has 0 radical (unpaired) electrons. The van der Waals surface area contributed by atoms with Crippen LogP contribution in [-0.4, -0.2) is 5.88 Å². The largest absolute Gasteiger partial charge is 0.127 e. The van der Waals surface area contributed by atoms with Crippen LogP contribution < -0.4 is 0 Å². The summed E-state index contributed by atoms with van der Waals surface area (Å²) in [6, 6.07) is 0. The van der Waals surface area contributed by atoms with Gasteiger partial charge in [-0.3, -0.25) is 0 Å². The molecule has 0 aliphatic rings. The molecule has 0 heterocycles. The first-order valence-electron chi connectivity index (χ1n) is 4.12. The van der Waals surface area contributed by atoms with Crippen LogP contribution in [0, 0.1) is 0 Å². The molecule has 10 heavy (non-hydrogen) atoms. The summed E-state index contributed by atoms with van der Waals surface area (Å²) < 4.78 is 0. The molecule has 0 spiro atoms. The van der Waals surface area contributed by atoms with Gasteiger partial charge in [-0.05, 0) is 19.3 Å². The first kappa shape index (κ1) is 10.0. The minimum atomic E-state index is 0.790. The van der Waals surface area contributed by atoms with E-state index in [-0.39, 0.29) is 0 Å². The average molecular weight is 161 g/mol. The molecule has 0 amide bonds. The number of hydrogen-bond donors (Lipinski definition) is 0. The van der Waals surface area contributed by atoms with E-state index in [1.807, 2.05) is 0 Å². The van der Waals surface area contributed by atoms with Crippen LogP contribution in [-0.2, 0) is 0 Å². The second-order valence-corrected chi connectivity index (χ2v) is 2.82. The fourth-order valence-corrected chi connectivity index (χ4v) is 0.907. The van der Waals surface area contributed by atoms with Crippen molar-refractivity contribution in [3.63, 3.8) is 0 Å². The van der Waals surface area contributed by atoms with Gasteiger partial charge < -0.3 is 0 Å². The van der Waals surface area contributed by atoms with Crippen molar-refractivity contribution in [2.45, 2.75) is 39.0 Å². The molecule has 0 aliphatic carbocycles. The third-order valence-corrected chi connectivity index (χ3v) is 1.66. The van der Waals surface area contributed by atoms with Crippen molar-refractivity contribution in [2.24, 2.45) is 0 Å². The van der Waals surface area contributed by atoms with Crippen LogP contribution in [0.5, 0.6) is 0 Å². The lowest BCUT2D eigenvalue weighted by molar-refractivity contribution is 0.810. The summed E-state index contributed by atoms with van der Waals surface area (Å²) in [4.78, 5) is 0. The molecule has 1 heteroatoms. The number of hydrogen-bond acceptors (Lipinski definition) is 0. The van der Waals surface area contributed by atoms with Gasteiger partial charge >= 0.3 is 0 Å². The first-order valence-corrected chi connectivity index (χ1v) is 4.66. The molecule has 0 fully saturated rings. The highest BCUT2D eigenvalue weighted by atomic mass is 35.5. The average Bonchev–Trinajstić information content (AvgIpc) is 1.97. The van der Waals surface area contributed by atoms with Gasteiger partial charge in [0.05, 0.1) is 0 Å². The van der Waals surface area contributed by atoms with Crippen LogP contribution in [0.2, 0.25) is 0 Å². The molecule has 0 bridgehead atoms. The topological polar surface area (TPSA) is 0 Å². The van der Waals surface area contributed by atoms with E-state index in [1.165, 1.54) is 19.3 Å². The molecule has 0 rings (SSSR count). The van der Waals surface area contributed by atoms with Gasteiger partial charge in [-0.15, -0.1) is 11.6 Å². The summed E-state index contributed by atoms with van der Waals surface area (Å²) in [6.07, 6.45) is 10.6. The Hall–Kier alpha value is 0.0300. The fourth-order valence-electron chi connectivity index (χ4n) is 0.753. The summed E-state index contributed by atoms with van der Waals surface area (Å²) in [6.45, 7) is 2.21. The van der Waals surface area contributed by atoms with Crippen LogP contribution in [0.15, 0.2) is 12.2 Å². The Kier molecular flexibility index (Phi) is 9.06. The van der Waals surface area contributed by atoms with Crippen LogP contribution in [0.3, 0.4) is 0 Å². The van der Waals surface area contributed by atoms with Crippen LogP contribution in [0.25, 0.3) is 0 Å². The second kappa shape index (κ2) is 9.03. The van der Waals surface area contributed by atoms with Crippen molar-refractivity contribution >= 4 is 11.6 Å². The van der Waals surface area contributed by atoms with E-state index >= 15 is 0 Å². The summed E-state index contributed by atoms with van der Waals surface area (Å²) in [5.41, 5.74) is 0. The molecule has 0 aromatic heterocycles. The molecule has 0 saturated carbocycles. The number of halogens is 1. The molecule has 0 unspecified atom stereocenters. The van der Waals surface area contributed by atoms with Crippen LogP contribution in [0.4, 0.5) is 0 Å². The quantitative estimate of drug-likeness (QED) is 0.316. The maximum atomic E-state index is 5.51. The molecule has 0 aromatic rings. The van der Waals surface area contributed by atoms with Crippen molar-refractivity contribution in [1.82, 2.24) is 0 Å². The molecule has 0 aromatic carbocycles. The number of alkyl halides is 1.